The Balaban J connectivity index is 1.60. The standard InChI is InChI=1S/C24H25NO2/c1-17-8-11-23(26-2)22(14-17)24-21-10-9-20(15-19(21)12-13-25-24)27-16-18-6-4-3-5-7-18/h3-11,14-15,24-25H,12-13,16H2,1-2H3. The van der Waals surface area contributed by atoms with Crippen LogP contribution in [0, 0.1) is 6.92 Å². The van der Waals surface area contributed by atoms with Crippen LogP contribution in [0.25, 0.3) is 0 Å². The van der Waals surface area contributed by atoms with E-state index < -0.39 is 0 Å². The third-order valence-corrected chi connectivity index (χ3v) is 5.11. The Labute approximate surface area is 161 Å². The smallest absolute Gasteiger partial charge is 0.123 e. The van der Waals surface area contributed by atoms with E-state index in [0.717, 1.165) is 24.5 Å². The lowest BCUT2D eigenvalue weighted by molar-refractivity contribution is 0.305. The average molecular weight is 359 g/mol. The lowest BCUT2D eigenvalue weighted by Crippen LogP contribution is -2.30. The SMILES string of the molecule is COc1ccc(C)cc1C1NCCc2cc(OCc3ccccc3)ccc21. The van der Waals surface area contributed by atoms with E-state index in [2.05, 4.69) is 60.8 Å². The highest BCUT2D eigenvalue weighted by Crippen LogP contribution is 2.36. The number of methoxy groups -OCH3 is 1. The summed E-state index contributed by atoms with van der Waals surface area (Å²) in [7, 11) is 1.73. The Morgan fingerprint density at radius 3 is 2.63 bits per heavy atom. The van der Waals surface area contributed by atoms with E-state index in [-0.39, 0.29) is 6.04 Å². The van der Waals surface area contributed by atoms with Crippen LogP contribution in [0.15, 0.2) is 66.7 Å². The van der Waals surface area contributed by atoms with Crippen molar-refractivity contribution in [1.29, 1.82) is 0 Å². The van der Waals surface area contributed by atoms with Crippen molar-refractivity contribution < 1.29 is 9.47 Å². The van der Waals surface area contributed by atoms with E-state index in [1.54, 1.807) is 7.11 Å². The zero-order valence-electron chi connectivity index (χ0n) is 15.9. The number of ether oxygens (including phenoxy) is 2. The van der Waals surface area contributed by atoms with Gasteiger partial charge in [0.15, 0.2) is 0 Å². The molecule has 27 heavy (non-hydrogen) atoms. The second-order valence-corrected chi connectivity index (χ2v) is 7.02. The van der Waals surface area contributed by atoms with Crippen LogP contribution in [0.5, 0.6) is 11.5 Å². The van der Waals surface area contributed by atoms with E-state index in [9.17, 15) is 0 Å². The molecular formula is C24H25NO2. The second kappa shape index (κ2) is 7.85. The van der Waals surface area contributed by atoms with Gasteiger partial charge in [0.25, 0.3) is 0 Å². The molecule has 3 aromatic carbocycles. The van der Waals surface area contributed by atoms with Gasteiger partial charge < -0.3 is 14.8 Å². The lowest BCUT2D eigenvalue weighted by atomic mass is 9.88. The van der Waals surface area contributed by atoms with Crippen molar-refractivity contribution in [3.63, 3.8) is 0 Å². The number of hydrogen-bond donors (Lipinski definition) is 1. The maximum Gasteiger partial charge on any atom is 0.123 e. The van der Waals surface area contributed by atoms with Crippen molar-refractivity contribution in [1.82, 2.24) is 5.32 Å². The minimum absolute atomic E-state index is 0.145. The largest absolute Gasteiger partial charge is 0.496 e. The molecule has 0 saturated carbocycles. The Morgan fingerprint density at radius 2 is 1.81 bits per heavy atom. The zero-order chi connectivity index (χ0) is 18.6. The molecule has 1 aliphatic heterocycles. The van der Waals surface area contributed by atoms with E-state index in [0.29, 0.717) is 6.61 Å². The highest BCUT2D eigenvalue weighted by Gasteiger charge is 2.24. The van der Waals surface area contributed by atoms with Crippen LogP contribution in [-0.4, -0.2) is 13.7 Å². The molecule has 1 heterocycles. The first-order valence-electron chi connectivity index (χ1n) is 9.42. The van der Waals surface area contributed by atoms with Crippen LogP contribution in [0.4, 0.5) is 0 Å². The third kappa shape index (κ3) is 3.83. The van der Waals surface area contributed by atoms with Crippen molar-refractivity contribution in [2.24, 2.45) is 0 Å². The maximum atomic E-state index is 6.02. The second-order valence-electron chi connectivity index (χ2n) is 7.02. The quantitative estimate of drug-likeness (QED) is 0.709. The highest BCUT2D eigenvalue weighted by molar-refractivity contribution is 5.48. The molecule has 0 bridgehead atoms. The van der Waals surface area contributed by atoms with Gasteiger partial charge in [0, 0.05) is 12.1 Å². The van der Waals surface area contributed by atoms with E-state index in [1.807, 2.05) is 18.2 Å². The van der Waals surface area contributed by atoms with Gasteiger partial charge in [-0.3, -0.25) is 0 Å². The van der Waals surface area contributed by atoms with E-state index in [1.165, 1.54) is 27.8 Å². The molecule has 1 N–H and O–H groups in total. The summed E-state index contributed by atoms with van der Waals surface area (Å²) in [5.74, 6) is 1.85. The number of rotatable bonds is 5. The van der Waals surface area contributed by atoms with Gasteiger partial charge in [-0.05, 0) is 48.2 Å². The lowest BCUT2D eigenvalue weighted by Gasteiger charge is -2.29. The molecule has 0 saturated heterocycles. The summed E-state index contributed by atoms with van der Waals surface area (Å²) in [6, 6.07) is 23.2. The van der Waals surface area contributed by atoms with Crippen LogP contribution in [-0.2, 0) is 13.0 Å². The molecule has 0 aliphatic carbocycles. The number of nitrogens with one attached hydrogen (secondary N) is 1. The molecule has 3 heteroatoms. The zero-order valence-corrected chi connectivity index (χ0v) is 15.9. The Hall–Kier alpha value is -2.78. The van der Waals surface area contributed by atoms with Gasteiger partial charge in [-0.15, -0.1) is 0 Å². The first kappa shape index (κ1) is 17.6. The fourth-order valence-electron chi connectivity index (χ4n) is 3.73. The predicted molar refractivity (Wildman–Crippen MR) is 108 cm³/mol. The number of benzene rings is 3. The average Bonchev–Trinajstić information content (AvgIpc) is 2.72. The summed E-state index contributed by atoms with van der Waals surface area (Å²) in [6.07, 6.45) is 1.00. The maximum absolute atomic E-state index is 6.02. The Morgan fingerprint density at radius 1 is 0.963 bits per heavy atom. The summed E-state index contributed by atoms with van der Waals surface area (Å²) < 4.78 is 11.6. The van der Waals surface area contributed by atoms with Gasteiger partial charge >= 0.3 is 0 Å². The molecule has 0 fully saturated rings. The van der Waals surface area contributed by atoms with E-state index >= 15 is 0 Å². The van der Waals surface area contributed by atoms with Crippen LogP contribution in [0.1, 0.15) is 33.9 Å². The molecule has 1 atom stereocenters. The van der Waals surface area contributed by atoms with Crippen LogP contribution < -0.4 is 14.8 Å². The third-order valence-electron chi connectivity index (χ3n) is 5.11. The molecule has 0 radical (unpaired) electrons. The summed E-state index contributed by atoms with van der Waals surface area (Å²) in [5, 5.41) is 3.65. The fourth-order valence-corrected chi connectivity index (χ4v) is 3.73. The number of aryl methyl sites for hydroxylation is 1. The topological polar surface area (TPSA) is 30.5 Å². The van der Waals surface area contributed by atoms with Crippen LogP contribution >= 0.6 is 0 Å². The molecular weight excluding hydrogens is 334 g/mol. The first-order valence-corrected chi connectivity index (χ1v) is 9.42. The minimum Gasteiger partial charge on any atom is -0.496 e. The van der Waals surface area contributed by atoms with Gasteiger partial charge in [-0.2, -0.15) is 0 Å². The monoisotopic (exact) mass is 359 g/mol. The molecule has 0 aromatic heterocycles. The van der Waals surface area contributed by atoms with Crippen molar-refractivity contribution in [2.45, 2.75) is 26.0 Å². The molecule has 1 aliphatic rings. The number of fused-ring (bicyclic) bond motifs is 1. The normalized spacial score (nSPS) is 15.9. The van der Waals surface area contributed by atoms with Crippen LogP contribution in [0.2, 0.25) is 0 Å². The van der Waals surface area contributed by atoms with Crippen molar-refractivity contribution in [3.8, 4) is 11.5 Å². The first-order chi connectivity index (χ1) is 13.2. The van der Waals surface area contributed by atoms with Gasteiger partial charge in [0.2, 0.25) is 0 Å². The van der Waals surface area contributed by atoms with Crippen LogP contribution in [0.3, 0.4) is 0 Å². The van der Waals surface area contributed by atoms with Gasteiger partial charge in [-0.25, -0.2) is 0 Å². The molecule has 4 rings (SSSR count). The molecule has 138 valence electrons. The summed E-state index contributed by atoms with van der Waals surface area (Å²) in [6.45, 7) is 3.65. The molecule has 0 amide bonds. The molecule has 0 spiro atoms. The summed E-state index contributed by atoms with van der Waals surface area (Å²) in [5.41, 5.74) is 6.25. The van der Waals surface area contributed by atoms with Crippen molar-refractivity contribution >= 4 is 0 Å². The predicted octanol–water partition coefficient (Wildman–Crippen LogP) is 4.82. The van der Waals surface area contributed by atoms with Crippen molar-refractivity contribution in [3.05, 3.63) is 94.5 Å². The molecule has 3 aromatic rings. The Bertz CT molecular complexity index is 921. The van der Waals surface area contributed by atoms with E-state index in [4.69, 9.17) is 9.47 Å². The van der Waals surface area contributed by atoms with Gasteiger partial charge in [0.05, 0.1) is 13.2 Å². The molecule has 1 unspecified atom stereocenters. The summed E-state index contributed by atoms with van der Waals surface area (Å²) >= 11 is 0. The Kier molecular flexibility index (Phi) is 5.12. The fraction of sp³-hybridized carbons (Fsp3) is 0.250. The molecule has 3 nitrogen and oxygen atoms in total. The van der Waals surface area contributed by atoms with Gasteiger partial charge in [-0.1, -0.05) is 54.1 Å². The minimum atomic E-state index is 0.145. The summed E-state index contributed by atoms with van der Waals surface area (Å²) in [4.78, 5) is 0. The highest BCUT2D eigenvalue weighted by atomic mass is 16.5. The van der Waals surface area contributed by atoms with Crippen molar-refractivity contribution in [2.75, 3.05) is 13.7 Å². The number of hydrogen-bond acceptors (Lipinski definition) is 3. The van der Waals surface area contributed by atoms with Gasteiger partial charge in [0.1, 0.15) is 18.1 Å².